The van der Waals surface area contributed by atoms with E-state index in [0.717, 1.165) is 11.0 Å². The van der Waals surface area contributed by atoms with Crippen LogP contribution in [0, 0.1) is 5.82 Å². The van der Waals surface area contributed by atoms with Gasteiger partial charge in [-0.3, -0.25) is 9.36 Å². The summed E-state index contributed by atoms with van der Waals surface area (Å²) in [4.78, 5) is 20.9. The number of imidazole rings is 1. The molecule has 0 atom stereocenters. The van der Waals surface area contributed by atoms with Crippen LogP contribution >= 0.6 is 11.6 Å². The number of benzene rings is 2. The number of rotatable bonds is 4. The van der Waals surface area contributed by atoms with Crippen molar-refractivity contribution < 1.29 is 9.18 Å². The average molecular weight is 381 g/mol. The number of halogens is 2. The first kappa shape index (κ1) is 17.2. The summed E-state index contributed by atoms with van der Waals surface area (Å²) in [6.07, 6.45) is 3.09. The SMILES string of the molecule is O=C(Cc1c(F)cccc1Cl)Nc1ccc(-n2cnc3ccccc32)nc1. The van der Waals surface area contributed by atoms with E-state index < -0.39 is 5.82 Å². The highest BCUT2D eigenvalue weighted by Gasteiger charge is 2.12. The maximum Gasteiger partial charge on any atom is 0.229 e. The zero-order chi connectivity index (χ0) is 18.8. The van der Waals surface area contributed by atoms with Crippen molar-refractivity contribution in [1.29, 1.82) is 0 Å². The number of nitrogens with zero attached hydrogens (tertiary/aromatic N) is 3. The van der Waals surface area contributed by atoms with E-state index in [1.54, 1.807) is 30.7 Å². The Labute approximate surface area is 159 Å². The van der Waals surface area contributed by atoms with Crippen LogP contribution < -0.4 is 5.32 Å². The third-order valence-corrected chi connectivity index (χ3v) is 4.49. The van der Waals surface area contributed by atoms with E-state index in [9.17, 15) is 9.18 Å². The van der Waals surface area contributed by atoms with Gasteiger partial charge in [0.15, 0.2) is 0 Å². The molecule has 4 aromatic rings. The van der Waals surface area contributed by atoms with Gasteiger partial charge in [0.2, 0.25) is 5.91 Å². The molecular weight excluding hydrogens is 367 g/mol. The van der Waals surface area contributed by atoms with Gasteiger partial charge in [-0.15, -0.1) is 0 Å². The summed E-state index contributed by atoms with van der Waals surface area (Å²) in [5.74, 6) is -0.193. The third-order valence-electron chi connectivity index (χ3n) is 4.13. The number of fused-ring (bicyclic) bond motifs is 1. The first-order valence-electron chi connectivity index (χ1n) is 8.23. The molecule has 2 aromatic heterocycles. The molecular formula is C20H14ClFN4O. The van der Waals surface area contributed by atoms with Crippen molar-refractivity contribution in [1.82, 2.24) is 14.5 Å². The number of pyridine rings is 1. The number of hydrogen-bond acceptors (Lipinski definition) is 3. The Morgan fingerprint density at radius 2 is 1.93 bits per heavy atom. The maximum absolute atomic E-state index is 13.8. The molecule has 134 valence electrons. The van der Waals surface area contributed by atoms with Crippen LogP contribution in [0.3, 0.4) is 0 Å². The molecule has 1 N–H and O–H groups in total. The van der Waals surface area contributed by atoms with E-state index in [-0.39, 0.29) is 22.9 Å². The lowest BCUT2D eigenvalue weighted by molar-refractivity contribution is -0.115. The van der Waals surface area contributed by atoms with Crippen LogP contribution in [0.5, 0.6) is 0 Å². The van der Waals surface area contributed by atoms with Gasteiger partial charge >= 0.3 is 0 Å². The number of anilines is 1. The molecule has 0 saturated heterocycles. The number of amides is 1. The maximum atomic E-state index is 13.8. The Morgan fingerprint density at radius 1 is 1.07 bits per heavy atom. The van der Waals surface area contributed by atoms with Crippen molar-refractivity contribution >= 4 is 34.2 Å². The van der Waals surface area contributed by atoms with Crippen LogP contribution in [-0.2, 0) is 11.2 Å². The van der Waals surface area contributed by atoms with Gasteiger partial charge in [0.25, 0.3) is 0 Å². The molecule has 0 saturated carbocycles. The van der Waals surface area contributed by atoms with Crippen molar-refractivity contribution in [3.05, 3.63) is 83.5 Å². The monoisotopic (exact) mass is 380 g/mol. The molecule has 27 heavy (non-hydrogen) atoms. The molecule has 2 aromatic carbocycles. The molecule has 2 heterocycles. The molecule has 1 amide bonds. The Bertz CT molecular complexity index is 1100. The van der Waals surface area contributed by atoms with Gasteiger partial charge in [-0.25, -0.2) is 14.4 Å². The Morgan fingerprint density at radius 3 is 2.70 bits per heavy atom. The van der Waals surface area contributed by atoms with E-state index in [1.165, 1.54) is 12.1 Å². The van der Waals surface area contributed by atoms with Gasteiger partial charge in [0.1, 0.15) is 18.0 Å². The highest BCUT2D eigenvalue weighted by atomic mass is 35.5. The van der Waals surface area contributed by atoms with E-state index >= 15 is 0 Å². The number of hydrogen-bond donors (Lipinski definition) is 1. The van der Waals surface area contributed by atoms with E-state index in [1.807, 2.05) is 28.8 Å². The standard InChI is InChI=1S/C20H14ClFN4O/c21-15-4-3-5-16(22)14(15)10-20(27)25-13-8-9-19(23-11-13)26-12-24-17-6-1-2-7-18(17)26/h1-9,11-12H,10H2,(H,25,27). The smallest absolute Gasteiger partial charge is 0.229 e. The molecule has 0 spiro atoms. The van der Waals surface area contributed by atoms with E-state index in [2.05, 4.69) is 15.3 Å². The number of para-hydroxylation sites is 2. The number of carbonyl (C=O) groups is 1. The summed E-state index contributed by atoms with van der Waals surface area (Å²) in [5.41, 5.74) is 2.50. The normalized spacial score (nSPS) is 10.9. The summed E-state index contributed by atoms with van der Waals surface area (Å²) >= 11 is 5.96. The van der Waals surface area contributed by atoms with Gasteiger partial charge in [0, 0.05) is 10.6 Å². The summed E-state index contributed by atoms with van der Waals surface area (Å²) < 4.78 is 15.7. The molecule has 0 unspecified atom stereocenters. The fourth-order valence-electron chi connectivity index (χ4n) is 2.81. The fraction of sp³-hybridized carbons (Fsp3) is 0.0500. The van der Waals surface area contributed by atoms with Gasteiger partial charge in [-0.2, -0.15) is 0 Å². The molecule has 0 aliphatic heterocycles. The molecule has 0 fully saturated rings. The molecule has 0 aliphatic carbocycles. The first-order valence-corrected chi connectivity index (χ1v) is 8.61. The fourth-order valence-corrected chi connectivity index (χ4v) is 3.04. The highest BCUT2D eigenvalue weighted by molar-refractivity contribution is 6.31. The quantitative estimate of drug-likeness (QED) is 0.571. The van der Waals surface area contributed by atoms with Crippen LogP contribution in [0.1, 0.15) is 5.56 Å². The predicted molar refractivity (Wildman–Crippen MR) is 103 cm³/mol. The Hall–Kier alpha value is -3.25. The molecule has 0 bridgehead atoms. The van der Waals surface area contributed by atoms with Crippen molar-refractivity contribution in [3.63, 3.8) is 0 Å². The minimum atomic E-state index is -0.502. The van der Waals surface area contributed by atoms with Crippen LogP contribution in [0.4, 0.5) is 10.1 Å². The Balaban J connectivity index is 1.50. The van der Waals surface area contributed by atoms with Crippen molar-refractivity contribution in [2.45, 2.75) is 6.42 Å². The summed E-state index contributed by atoms with van der Waals surface area (Å²) in [6, 6.07) is 15.6. The van der Waals surface area contributed by atoms with Crippen molar-refractivity contribution in [2.24, 2.45) is 0 Å². The number of carbonyl (C=O) groups excluding carboxylic acids is 1. The second-order valence-corrected chi connectivity index (χ2v) is 6.34. The van der Waals surface area contributed by atoms with Gasteiger partial charge in [0.05, 0.1) is 29.3 Å². The van der Waals surface area contributed by atoms with Gasteiger partial charge < -0.3 is 5.32 Å². The minimum absolute atomic E-state index is 0.153. The lowest BCUT2D eigenvalue weighted by Crippen LogP contribution is -2.15. The van der Waals surface area contributed by atoms with E-state index in [0.29, 0.717) is 11.5 Å². The summed E-state index contributed by atoms with van der Waals surface area (Å²) in [5, 5.41) is 2.93. The predicted octanol–water partition coefficient (Wildman–Crippen LogP) is 4.39. The molecule has 4 rings (SSSR count). The summed E-state index contributed by atoms with van der Waals surface area (Å²) in [6.45, 7) is 0. The molecule has 0 aliphatic rings. The minimum Gasteiger partial charge on any atom is -0.324 e. The van der Waals surface area contributed by atoms with Crippen molar-refractivity contribution in [2.75, 3.05) is 5.32 Å². The largest absolute Gasteiger partial charge is 0.324 e. The zero-order valence-electron chi connectivity index (χ0n) is 14.1. The zero-order valence-corrected chi connectivity index (χ0v) is 14.8. The summed E-state index contributed by atoms with van der Waals surface area (Å²) in [7, 11) is 0. The second kappa shape index (κ2) is 7.17. The van der Waals surface area contributed by atoms with Crippen LogP contribution in [-0.4, -0.2) is 20.4 Å². The third kappa shape index (κ3) is 3.52. The highest BCUT2D eigenvalue weighted by Crippen LogP contribution is 2.21. The number of aromatic nitrogens is 3. The second-order valence-electron chi connectivity index (χ2n) is 5.93. The lowest BCUT2D eigenvalue weighted by Gasteiger charge is -2.08. The topological polar surface area (TPSA) is 59.8 Å². The lowest BCUT2D eigenvalue weighted by atomic mass is 10.1. The molecule has 0 radical (unpaired) electrons. The average Bonchev–Trinajstić information content (AvgIpc) is 3.10. The van der Waals surface area contributed by atoms with Crippen LogP contribution in [0.15, 0.2) is 67.1 Å². The molecule has 7 heteroatoms. The number of nitrogens with one attached hydrogen (secondary N) is 1. The van der Waals surface area contributed by atoms with Gasteiger partial charge in [-0.05, 0) is 36.4 Å². The first-order chi connectivity index (χ1) is 13.1. The van der Waals surface area contributed by atoms with E-state index in [4.69, 9.17) is 11.6 Å². The van der Waals surface area contributed by atoms with Crippen LogP contribution in [0.2, 0.25) is 5.02 Å². The van der Waals surface area contributed by atoms with Crippen molar-refractivity contribution in [3.8, 4) is 5.82 Å². The van der Waals surface area contributed by atoms with Crippen LogP contribution in [0.25, 0.3) is 16.9 Å². The molecule has 5 nitrogen and oxygen atoms in total. The van der Waals surface area contributed by atoms with Gasteiger partial charge in [-0.1, -0.05) is 29.8 Å². The Kier molecular flexibility index (Phi) is 4.56.